The minimum Gasteiger partial charge on any atom is -0.451 e. The average Bonchev–Trinajstić information content (AvgIpc) is 3.20. The number of para-hydroxylation sites is 1. The minimum absolute atomic E-state index is 0.0421. The van der Waals surface area contributed by atoms with Crippen molar-refractivity contribution in [2.45, 2.75) is 0 Å². The number of rotatable bonds is 3. The number of nitrogens with zero attached hydrogens (tertiary/aromatic N) is 4. The lowest BCUT2D eigenvalue weighted by Gasteiger charge is -2.35. The van der Waals surface area contributed by atoms with Gasteiger partial charge in [-0.2, -0.15) is 0 Å². The quantitative estimate of drug-likeness (QED) is 0.579. The molecule has 140 valence electrons. The number of urea groups is 1. The van der Waals surface area contributed by atoms with E-state index in [-0.39, 0.29) is 12.6 Å². The molecule has 0 unspecified atom stereocenters. The Labute approximate surface area is 154 Å². The van der Waals surface area contributed by atoms with Gasteiger partial charge in [0.2, 0.25) is 0 Å². The number of piperazine rings is 1. The molecule has 0 aliphatic carbocycles. The van der Waals surface area contributed by atoms with Gasteiger partial charge in [-0.15, -0.1) is 0 Å². The summed E-state index contributed by atoms with van der Waals surface area (Å²) in [6, 6.07) is 8.54. The smallest absolute Gasteiger partial charge is 0.335 e. The summed E-state index contributed by atoms with van der Waals surface area (Å²) in [4.78, 5) is 53.3. The van der Waals surface area contributed by atoms with Crippen molar-refractivity contribution >= 4 is 34.7 Å². The number of benzene rings is 1. The summed E-state index contributed by atoms with van der Waals surface area (Å²) in [5, 5.41) is 0.874. The Kier molecular flexibility index (Phi) is 4.15. The number of fused-ring (bicyclic) bond motifs is 1. The van der Waals surface area contributed by atoms with Gasteiger partial charge in [0.1, 0.15) is 5.58 Å². The summed E-state index contributed by atoms with van der Waals surface area (Å²) >= 11 is 0. The fourth-order valence-corrected chi connectivity index (χ4v) is 3.27. The van der Waals surface area contributed by atoms with E-state index in [0.717, 1.165) is 15.2 Å². The molecule has 0 N–H and O–H groups in total. The SMILES string of the molecule is CN1C(=O)C(=O)N(CN2CCN(C(=O)c3cc4ccccc4o3)CC2)C1=O. The lowest BCUT2D eigenvalue weighted by atomic mass is 10.2. The lowest BCUT2D eigenvalue weighted by molar-refractivity contribution is -0.143. The molecular formula is C18H18N4O5. The monoisotopic (exact) mass is 370 g/mol. The highest BCUT2D eigenvalue weighted by Crippen LogP contribution is 2.21. The van der Waals surface area contributed by atoms with Gasteiger partial charge < -0.3 is 9.32 Å². The van der Waals surface area contributed by atoms with Gasteiger partial charge >= 0.3 is 17.8 Å². The third-order valence-corrected chi connectivity index (χ3v) is 4.89. The first-order valence-electron chi connectivity index (χ1n) is 8.59. The van der Waals surface area contributed by atoms with Gasteiger partial charge in [-0.05, 0) is 12.1 Å². The molecule has 0 bridgehead atoms. The molecule has 0 atom stereocenters. The van der Waals surface area contributed by atoms with E-state index in [1.165, 1.54) is 7.05 Å². The van der Waals surface area contributed by atoms with Crippen LogP contribution in [0.2, 0.25) is 0 Å². The molecule has 2 saturated heterocycles. The van der Waals surface area contributed by atoms with Crippen molar-refractivity contribution in [3.63, 3.8) is 0 Å². The van der Waals surface area contributed by atoms with Crippen molar-refractivity contribution in [3.05, 3.63) is 36.1 Å². The van der Waals surface area contributed by atoms with Crippen molar-refractivity contribution in [3.8, 4) is 0 Å². The molecule has 5 amide bonds. The van der Waals surface area contributed by atoms with Gasteiger partial charge in [-0.25, -0.2) is 9.69 Å². The second kappa shape index (κ2) is 6.51. The Morgan fingerprint density at radius 2 is 1.74 bits per heavy atom. The van der Waals surface area contributed by atoms with Gasteiger partial charge in [0, 0.05) is 38.6 Å². The van der Waals surface area contributed by atoms with Gasteiger partial charge in [-0.3, -0.25) is 24.2 Å². The Balaban J connectivity index is 1.37. The molecule has 2 aromatic rings. The van der Waals surface area contributed by atoms with E-state index in [4.69, 9.17) is 4.42 Å². The Morgan fingerprint density at radius 1 is 1.04 bits per heavy atom. The van der Waals surface area contributed by atoms with Crippen LogP contribution in [0, 0.1) is 0 Å². The maximum atomic E-state index is 12.7. The van der Waals surface area contributed by atoms with Crippen LogP contribution in [-0.2, 0) is 9.59 Å². The van der Waals surface area contributed by atoms with Crippen molar-refractivity contribution in [1.82, 2.24) is 19.6 Å². The van der Waals surface area contributed by atoms with Crippen LogP contribution >= 0.6 is 0 Å². The summed E-state index contributed by atoms with van der Waals surface area (Å²) in [6.07, 6.45) is 0. The third kappa shape index (κ3) is 2.95. The first kappa shape index (κ1) is 17.2. The van der Waals surface area contributed by atoms with Gasteiger partial charge in [0.25, 0.3) is 5.91 Å². The summed E-state index contributed by atoms with van der Waals surface area (Å²) in [7, 11) is 1.28. The predicted molar refractivity (Wildman–Crippen MR) is 93.6 cm³/mol. The molecular weight excluding hydrogens is 352 g/mol. The molecule has 3 heterocycles. The number of likely N-dealkylation sites (N-methyl/N-ethyl adjacent to an activating group) is 1. The van der Waals surface area contributed by atoms with Gasteiger partial charge in [0.05, 0.1) is 6.67 Å². The standard InChI is InChI=1S/C18H18N4O5/c1-19-16(24)17(25)22(18(19)26)11-20-6-8-21(9-7-20)15(23)14-10-12-4-2-3-5-13(12)27-14/h2-5,10H,6-9,11H2,1H3. The van der Waals surface area contributed by atoms with E-state index in [0.29, 0.717) is 37.5 Å². The number of carbonyl (C=O) groups excluding carboxylic acids is 4. The maximum Gasteiger partial charge on any atom is 0.335 e. The number of imide groups is 2. The second-order valence-corrected chi connectivity index (χ2v) is 6.58. The van der Waals surface area contributed by atoms with E-state index < -0.39 is 17.8 Å². The Morgan fingerprint density at radius 3 is 2.37 bits per heavy atom. The zero-order valence-corrected chi connectivity index (χ0v) is 14.8. The summed E-state index contributed by atoms with van der Waals surface area (Å²) in [5.74, 6) is -1.53. The maximum absolute atomic E-state index is 12.7. The lowest BCUT2D eigenvalue weighted by Crippen LogP contribution is -2.52. The highest BCUT2D eigenvalue weighted by molar-refractivity contribution is 6.44. The number of carbonyl (C=O) groups is 4. The minimum atomic E-state index is -0.821. The number of amides is 5. The van der Waals surface area contributed by atoms with E-state index in [2.05, 4.69) is 0 Å². The van der Waals surface area contributed by atoms with Crippen LogP contribution in [0.4, 0.5) is 4.79 Å². The van der Waals surface area contributed by atoms with Gasteiger partial charge in [-0.1, -0.05) is 18.2 Å². The topological polar surface area (TPSA) is 94.4 Å². The van der Waals surface area contributed by atoms with Crippen molar-refractivity contribution in [2.75, 3.05) is 39.9 Å². The molecule has 4 rings (SSSR count). The molecule has 2 fully saturated rings. The molecule has 2 aliphatic heterocycles. The molecule has 0 saturated carbocycles. The van der Waals surface area contributed by atoms with Crippen molar-refractivity contribution in [2.24, 2.45) is 0 Å². The average molecular weight is 370 g/mol. The summed E-state index contributed by atoms with van der Waals surface area (Å²) in [5.41, 5.74) is 0.666. The Hall–Kier alpha value is -3.20. The number of hydrogen-bond acceptors (Lipinski definition) is 6. The summed E-state index contributed by atoms with van der Waals surface area (Å²) < 4.78 is 5.62. The molecule has 2 aliphatic rings. The van der Waals surface area contributed by atoms with Crippen LogP contribution in [0.1, 0.15) is 10.6 Å². The van der Waals surface area contributed by atoms with Crippen LogP contribution in [0.25, 0.3) is 11.0 Å². The van der Waals surface area contributed by atoms with E-state index in [1.54, 1.807) is 11.0 Å². The molecule has 0 spiro atoms. The third-order valence-electron chi connectivity index (χ3n) is 4.89. The number of furan rings is 1. The zero-order chi connectivity index (χ0) is 19.1. The predicted octanol–water partition coefficient (Wildman–Crippen LogP) is 0.569. The van der Waals surface area contributed by atoms with E-state index in [9.17, 15) is 19.2 Å². The Bertz CT molecular complexity index is 911. The normalized spacial score (nSPS) is 18.9. The largest absolute Gasteiger partial charge is 0.451 e. The first-order chi connectivity index (χ1) is 13.0. The zero-order valence-electron chi connectivity index (χ0n) is 14.8. The first-order valence-corrected chi connectivity index (χ1v) is 8.59. The molecule has 1 aromatic heterocycles. The van der Waals surface area contributed by atoms with Gasteiger partial charge in [0.15, 0.2) is 5.76 Å². The fraction of sp³-hybridized carbons (Fsp3) is 0.333. The molecule has 27 heavy (non-hydrogen) atoms. The van der Waals surface area contributed by atoms with E-state index in [1.807, 2.05) is 29.2 Å². The van der Waals surface area contributed by atoms with Crippen LogP contribution < -0.4 is 0 Å². The highest BCUT2D eigenvalue weighted by atomic mass is 16.3. The molecule has 9 heteroatoms. The van der Waals surface area contributed by atoms with Crippen LogP contribution in [0.15, 0.2) is 34.7 Å². The molecule has 9 nitrogen and oxygen atoms in total. The fourth-order valence-electron chi connectivity index (χ4n) is 3.27. The molecule has 1 aromatic carbocycles. The van der Waals surface area contributed by atoms with Crippen molar-refractivity contribution in [1.29, 1.82) is 0 Å². The van der Waals surface area contributed by atoms with E-state index >= 15 is 0 Å². The van der Waals surface area contributed by atoms with Crippen molar-refractivity contribution < 1.29 is 23.6 Å². The van der Waals surface area contributed by atoms with Crippen LogP contribution in [-0.4, -0.2) is 83.2 Å². The number of hydrogen-bond donors (Lipinski definition) is 0. The summed E-state index contributed by atoms with van der Waals surface area (Å²) in [6.45, 7) is 1.90. The second-order valence-electron chi connectivity index (χ2n) is 6.58. The van der Waals surface area contributed by atoms with Crippen LogP contribution in [0.3, 0.4) is 0 Å². The highest BCUT2D eigenvalue weighted by Gasteiger charge is 2.43. The van der Waals surface area contributed by atoms with Crippen LogP contribution in [0.5, 0.6) is 0 Å². The molecule has 0 radical (unpaired) electrons.